The van der Waals surface area contributed by atoms with Gasteiger partial charge in [-0.1, -0.05) is 153 Å². The van der Waals surface area contributed by atoms with Crippen LogP contribution in [0, 0.1) is 0 Å². The molecule has 10 aromatic rings. The highest BCUT2D eigenvalue weighted by atomic mass is 32.1. The molecule has 0 saturated carbocycles. The van der Waals surface area contributed by atoms with E-state index in [1.165, 1.54) is 70.4 Å². The van der Waals surface area contributed by atoms with E-state index in [0.717, 1.165) is 34.5 Å². The number of thiophene rings is 1. The average Bonchev–Trinajstić information content (AvgIpc) is 3.94. The summed E-state index contributed by atoms with van der Waals surface area (Å²) in [4.78, 5) is 17.6. The molecule has 0 N–H and O–H groups in total. The first-order valence-corrected chi connectivity index (χ1v) is 21.4. The van der Waals surface area contributed by atoms with Crippen molar-refractivity contribution in [3.63, 3.8) is 0 Å². The lowest BCUT2D eigenvalue weighted by Crippen LogP contribution is -2.17. The normalized spacial score (nSPS) is 13.2. The maximum Gasteiger partial charge on any atom is 0.164 e. The minimum absolute atomic E-state index is 0.121. The molecule has 2 aliphatic rings. The Morgan fingerprint density at radius 2 is 1.05 bits per heavy atom. The fourth-order valence-corrected chi connectivity index (χ4v) is 10.7. The van der Waals surface area contributed by atoms with E-state index in [2.05, 4.69) is 164 Å². The second kappa shape index (κ2) is 13.4. The molecule has 60 heavy (non-hydrogen) atoms. The Bertz CT molecular complexity index is 3270. The van der Waals surface area contributed by atoms with Crippen LogP contribution in [0.4, 0.5) is 17.1 Å². The number of nitrogens with zero attached hydrogens (tertiary/aromatic N) is 4. The van der Waals surface area contributed by atoms with Gasteiger partial charge in [0.1, 0.15) is 0 Å². The molecule has 0 atom stereocenters. The van der Waals surface area contributed by atoms with Gasteiger partial charge in [-0.15, -0.1) is 11.3 Å². The van der Waals surface area contributed by atoms with Crippen LogP contribution < -0.4 is 4.90 Å². The summed E-state index contributed by atoms with van der Waals surface area (Å²) in [7, 11) is 0. The molecular weight excluding hydrogens is 749 g/mol. The van der Waals surface area contributed by atoms with Gasteiger partial charge < -0.3 is 4.90 Å². The van der Waals surface area contributed by atoms with E-state index >= 15 is 0 Å². The third-order valence-electron chi connectivity index (χ3n) is 12.6. The Kier molecular flexibility index (Phi) is 7.78. The number of hydrogen-bond donors (Lipinski definition) is 0. The summed E-state index contributed by atoms with van der Waals surface area (Å²) >= 11 is 1.87. The van der Waals surface area contributed by atoms with Gasteiger partial charge in [0.15, 0.2) is 17.5 Å². The van der Waals surface area contributed by atoms with Crippen LogP contribution in [-0.4, -0.2) is 15.0 Å². The van der Waals surface area contributed by atoms with Gasteiger partial charge in [0, 0.05) is 60.1 Å². The number of anilines is 3. The fraction of sp³-hybridized carbons (Fsp3) is 0.0727. The number of rotatable bonds is 6. The molecule has 2 aromatic heterocycles. The van der Waals surface area contributed by atoms with Crippen LogP contribution in [0.5, 0.6) is 0 Å². The van der Waals surface area contributed by atoms with Gasteiger partial charge in [0.2, 0.25) is 0 Å². The van der Waals surface area contributed by atoms with Crippen molar-refractivity contribution in [3.8, 4) is 56.4 Å². The third kappa shape index (κ3) is 5.46. The molecule has 2 heterocycles. The summed E-state index contributed by atoms with van der Waals surface area (Å²) in [6.45, 7) is 4.73. The SMILES string of the molecule is CC1(C)c2ccccc2-c2ccc(N(c3ccc4c(c3)sc3ccccc34)c3cccc4c3Cc3cc(-c5nc(-c6ccccc6)nc(-c6ccccc6)n5)ccc3-4)cc21. The fourth-order valence-electron chi connectivity index (χ4n) is 9.60. The minimum Gasteiger partial charge on any atom is -0.310 e. The zero-order valence-electron chi connectivity index (χ0n) is 33.2. The molecule has 0 saturated heterocycles. The zero-order valence-corrected chi connectivity index (χ0v) is 34.0. The monoisotopic (exact) mass is 786 g/mol. The first-order chi connectivity index (χ1) is 29.5. The smallest absolute Gasteiger partial charge is 0.164 e. The van der Waals surface area contributed by atoms with Crippen LogP contribution >= 0.6 is 11.3 Å². The molecule has 0 amide bonds. The van der Waals surface area contributed by atoms with Crippen molar-refractivity contribution >= 4 is 48.6 Å². The first kappa shape index (κ1) is 34.8. The molecule has 0 radical (unpaired) electrons. The molecule has 0 unspecified atom stereocenters. The van der Waals surface area contributed by atoms with Crippen molar-refractivity contribution in [1.29, 1.82) is 0 Å². The Morgan fingerprint density at radius 1 is 0.450 bits per heavy atom. The van der Waals surface area contributed by atoms with Crippen LogP contribution in [-0.2, 0) is 11.8 Å². The Balaban J connectivity index is 0.996. The van der Waals surface area contributed by atoms with E-state index in [-0.39, 0.29) is 5.41 Å². The van der Waals surface area contributed by atoms with E-state index in [1.54, 1.807) is 0 Å². The minimum atomic E-state index is -0.121. The van der Waals surface area contributed by atoms with Gasteiger partial charge in [0.25, 0.3) is 0 Å². The largest absolute Gasteiger partial charge is 0.310 e. The molecule has 2 aliphatic carbocycles. The number of benzene rings is 8. The molecule has 5 heteroatoms. The molecule has 4 nitrogen and oxygen atoms in total. The first-order valence-electron chi connectivity index (χ1n) is 20.6. The van der Waals surface area contributed by atoms with E-state index in [0.29, 0.717) is 17.5 Å². The van der Waals surface area contributed by atoms with Gasteiger partial charge in [-0.25, -0.2) is 15.0 Å². The maximum absolute atomic E-state index is 5.07. The van der Waals surface area contributed by atoms with Gasteiger partial charge >= 0.3 is 0 Å². The summed E-state index contributed by atoms with van der Waals surface area (Å²) < 4.78 is 2.60. The number of fused-ring (bicyclic) bond motifs is 9. The number of aromatic nitrogens is 3. The summed E-state index contributed by atoms with van der Waals surface area (Å²) in [5.41, 5.74) is 16.8. The van der Waals surface area contributed by atoms with Gasteiger partial charge in [-0.2, -0.15) is 0 Å². The predicted molar refractivity (Wildman–Crippen MR) is 250 cm³/mol. The van der Waals surface area contributed by atoms with E-state index in [1.807, 2.05) is 47.7 Å². The van der Waals surface area contributed by atoms with Crippen molar-refractivity contribution in [2.24, 2.45) is 0 Å². The lowest BCUT2D eigenvalue weighted by Gasteiger charge is -2.29. The van der Waals surface area contributed by atoms with Crippen LogP contribution in [0.15, 0.2) is 182 Å². The zero-order chi connectivity index (χ0) is 40.0. The lowest BCUT2D eigenvalue weighted by atomic mass is 9.82. The van der Waals surface area contributed by atoms with Crippen molar-refractivity contribution in [1.82, 2.24) is 15.0 Å². The van der Waals surface area contributed by atoms with Gasteiger partial charge in [0.05, 0.1) is 5.69 Å². The molecule has 8 aromatic carbocycles. The van der Waals surface area contributed by atoms with Crippen molar-refractivity contribution < 1.29 is 0 Å². The topological polar surface area (TPSA) is 41.9 Å². The average molecular weight is 787 g/mol. The van der Waals surface area contributed by atoms with Crippen LogP contribution in [0.2, 0.25) is 0 Å². The lowest BCUT2D eigenvalue weighted by molar-refractivity contribution is 0.660. The van der Waals surface area contributed by atoms with E-state index in [4.69, 9.17) is 15.0 Å². The quantitative estimate of drug-likeness (QED) is 0.168. The highest BCUT2D eigenvalue weighted by Gasteiger charge is 2.36. The highest BCUT2D eigenvalue weighted by Crippen LogP contribution is 2.52. The Morgan fingerprint density at radius 3 is 1.83 bits per heavy atom. The second-order valence-electron chi connectivity index (χ2n) is 16.4. The molecule has 0 fully saturated rings. The molecule has 0 aliphatic heterocycles. The highest BCUT2D eigenvalue weighted by molar-refractivity contribution is 7.25. The van der Waals surface area contributed by atoms with Crippen LogP contribution in [0.25, 0.3) is 76.6 Å². The van der Waals surface area contributed by atoms with Crippen molar-refractivity contribution in [2.45, 2.75) is 25.7 Å². The molecule has 12 rings (SSSR count). The molecular formula is C55H38N4S. The summed E-state index contributed by atoms with van der Waals surface area (Å²) in [6, 6.07) is 65.7. The van der Waals surface area contributed by atoms with E-state index < -0.39 is 0 Å². The Labute approximate surface area is 353 Å². The van der Waals surface area contributed by atoms with Crippen molar-refractivity contribution in [2.75, 3.05) is 4.90 Å². The third-order valence-corrected chi connectivity index (χ3v) is 13.7. The van der Waals surface area contributed by atoms with Crippen LogP contribution in [0.1, 0.15) is 36.1 Å². The van der Waals surface area contributed by atoms with Gasteiger partial charge in [-0.3, -0.25) is 0 Å². The predicted octanol–water partition coefficient (Wildman–Crippen LogP) is 14.6. The van der Waals surface area contributed by atoms with Crippen molar-refractivity contribution in [3.05, 3.63) is 204 Å². The van der Waals surface area contributed by atoms with Crippen LogP contribution in [0.3, 0.4) is 0 Å². The molecule has 0 bridgehead atoms. The summed E-state index contributed by atoms with van der Waals surface area (Å²) in [5.74, 6) is 2.00. The van der Waals surface area contributed by atoms with E-state index in [9.17, 15) is 0 Å². The second-order valence-corrected chi connectivity index (χ2v) is 17.5. The maximum atomic E-state index is 5.07. The summed E-state index contributed by atoms with van der Waals surface area (Å²) in [6.07, 6.45) is 0.792. The molecule has 0 spiro atoms. The standard InChI is InChI=1S/C55H38N4S/c1-55(2)47-21-11-9-18-42(47)43-28-25-38(32-48(43)55)59(39-26-29-45-44-19-10-12-23-50(44)60-51(45)33-39)49-22-13-20-41-40-27-24-36(30-37(40)31-46(41)49)54-57-52(34-14-5-3-6-15-34)56-53(58-54)35-16-7-4-8-17-35/h3-30,32-33H,31H2,1-2H3. The summed E-state index contributed by atoms with van der Waals surface area (Å²) in [5, 5.41) is 2.61. The molecule has 284 valence electrons. The number of hydrogen-bond acceptors (Lipinski definition) is 5. The van der Waals surface area contributed by atoms with Gasteiger partial charge in [-0.05, 0) is 87.0 Å². The Hall–Kier alpha value is -7.21.